The van der Waals surface area contributed by atoms with Gasteiger partial charge in [-0.1, -0.05) is 27.5 Å². The van der Waals surface area contributed by atoms with Crippen molar-refractivity contribution in [3.63, 3.8) is 0 Å². The number of likely N-dealkylation sites (tertiary alicyclic amines) is 1. The third-order valence-corrected chi connectivity index (χ3v) is 4.62. The molecular formula is C14H17BrClNO2. The fourth-order valence-corrected chi connectivity index (χ4v) is 2.94. The van der Waals surface area contributed by atoms with Gasteiger partial charge in [-0.05, 0) is 37.1 Å². The highest BCUT2D eigenvalue weighted by Crippen LogP contribution is 2.24. The number of hydrogen-bond donors (Lipinski definition) is 1. The second kappa shape index (κ2) is 6.25. The van der Waals surface area contributed by atoms with Gasteiger partial charge < -0.3 is 10.0 Å². The van der Waals surface area contributed by atoms with Crippen molar-refractivity contribution in [1.29, 1.82) is 0 Å². The topological polar surface area (TPSA) is 40.5 Å². The molecule has 0 spiro atoms. The average molecular weight is 347 g/mol. The highest BCUT2D eigenvalue weighted by atomic mass is 79.9. The Bertz CT molecular complexity index is 479. The lowest BCUT2D eigenvalue weighted by Gasteiger charge is -2.18. The van der Waals surface area contributed by atoms with E-state index in [-0.39, 0.29) is 17.9 Å². The summed E-state index contributed by atoms with van der Waals surface area (Å²) in [4.78, 5) is 14.1. The summed E-state index contributed by atoms with van der Waals surface area (Å²) in [5.74, 6) is 0.290. The maximum atomic E-state index is 12.2. The van der Waals surface area contributed by atoms with Crippen molar-refractivity contribution in [3.05, 3.63) is 33.3 Å². The monoisotopic (exact) mass is 345 g/mol. The fourth-order valence-electron chi connectivity index (χ4n) is 2.36. The normalized spacial score (nSPS) is 20.6. The number of nitrogens with zero attached hydrogens (tertiary/aromatic N) is 1. The van der Waals surface area contributed by atoms with Crippen molar-refractivity contribution in [2.24, 2.45) is 5.92 Å². The van der Waals surface area contributed by atoms with Crippen LogP contribution in [0.4, 0.5) is 0 Å². The third kappa shape index (κ3) is 3.71. The lowest BCUT2D eigenvalue weighted by molar-refractivity contribution is -0.129. The summed E-state index contributed by atoms with van der Waals surface area (Å²) in [6.07, 6.45) is 0.865. The van der Waals surface area contributed by atoms with Crippen molar-refractivity contribution in [2.75, 3.05) is 13.1 Å². The first-order chi connectivity index (χ1) is 8.97. The van der Waals surface area contributed by atoms with Gasteiger partial charge in [-0.3, -0.25) is 4.79 Å². The highest BCUT2D eigenvalue weighted by molar-refractivity contribution is 9.10. The van der Waals surface area contributed by atoms with E-state index >= 15 is 0 Å². The summed E-state index contributed by atoms with van der Waals surface area (Å²) in [5, 5.41) is 10.2. The lowest BCUT2D eigenvalue weighted by Crippen LogP contribution is -2.31. The molecule has 1 N–H and O–H groups in total. The van der Waals surface area contributed by atoms with Crippen LogP contribution in [0.15, 0.2) is 22.7 Å². The molecular weight excluding hydrogens is 330 g/mol. The van der Waals surface area contributed by atoms with E-state index in [1.807, 2.05) is 17.0 Å². The van der Waals surface area contributed by atoms with Gasteiger partial charge in [0, 0.05) is 28.5 Å². The SMILES string of the molecule is CC(O)C1CCN(C(=O)Cc2cc(Cl)ccc2Br)C1. The Morgan fingerprint density at radius 2 is 2.37 bits per heavy atom. The Kier molecular flexibility index (Phi) is 4.87. The van der Waals surface area contributed by atoms with Crippen LogP contribution in [0.25, 0.3) is 0 Å². The van der Waals surface area contributed by atoms with Crippen molar-refractivity contribution in [3.8, 4) is 0 Å². The van der Waals surface area contributed by atoms with Crippen LogP contribution in [-0.2, 0) is 11.2 Å². The summed E-state index contributed by atoms with van der Waals surface area (Å²) >= 11 is 9.38. The first kappa shape index (κ1) is 14.8. The molecule has 3 nitrogen and oxygen atoms in total. The van der Waals surface area contributed by atoms with Crippen molar-refractivity contribution < 1.29 is 9.90 Å². The molecule has 104 valence electrons. The Hall–Kier alpha value is -0.580. The number of carbonyl (C=O) groups excluding carboxylic acids is 1. The predicted molar refractivity (Wildman–Crippen MR) is 79.2 cm³/mol. The quantitative estimate of drug-likeness (QED) is 0.914. The molecule has 1 aliphatic heterocycles. The Balaban J connectivity index is 2.00. The molecule has 1 heterocycles. The predicted octanol–water partition coefficient (Wildman–Crippen LogP) is 2.87. The number of amides is 1. The molecule has 1 aromatic carbocycles. The minimum Gasteiger partial charge on any atom is -0.393 e. The Morgan fingerprint density at radius 3 is 3.00 bits per heavy atom. The zero-order chi connectivity index (χ0) is 14.0. The number of halogens is 2. The van der Waals surface area contributed by atoms with Crippen LogP contribution in [0.1, 0.15) is 18.9 Å². The van der Waals surface area contributed by atoms with Crippen molar-refractivity contribution >= 4 is 33.4 Å². The van der Waals surface area contributed by atoms with Gasteiger partial charge in [0.15, 0.2) is 0 Å². The van der Waals surface area contributed by atoms with Gasteiger partial charge in [0.2, 0.25) is 5.91 Å². The van der Waals surface area contributed by atoms with Crippen molar-refractivity contribution in [2.45, 2.75) is 25.9 Å². The van der Waals surface area contributed by atoms with Crippen LogP contribution in [0, 0.1) is 5.92 Å². The van der Waals surface area contributed by atoms with E-state index in [1.165, 1.54) is 0 Å². The summed E-state index contributed by atoms with van der Waals surface area (Å²) in [7, 11) is 0. The number of carbonyl (C=O) groups is 1. The first-order valence-corrected chi connectivity index (χ1v) is 7.54. The molecule has 0 radical (unpaired) electrons. The van der Waals surface area contributed by atoms with Gasteiger partial charge in [-0.2, -0.15) is 0 Å². The number of benzene rings is 1. The molecule has 19 heavy (non-hydrogen) atoms. The van der Waals surface area contributed by atoms with Crippen LogP contribution in [0.3, 0.4) is 0 Å². The van der Waals surface area contributed by atoms with E-state index in [0.717, 1.165) is 23.0 Å². The number of hydrogen-bond acceptors (Lipinski definition) is 2. The zero-order valence-corrected chi connectivity index (χ0v) is 13.1. The van der Waals surface area contributed by atoms with Gasteiger partial charge >= 0.3 is 0 Å². The molecule has 2 unspecified atom stereocenters. The minimum absolute atomic E-state index is 0.0890. The van der Waals surface area contributed by atoms with Crippen LogP contribution in [0.5, 0.6) is 0 Å². The highest BCUT2D eigenvalue weighted by Gasteiger charge is 2.29. The number of aliphatic hydroxyl groups excluding tert-OH is 1. The molecule has 5 heteroatoms. The standard InChI is InChI=1S/C14H17BrClNO2/c1-9(18)10-4-5-17(8-10)14(19)7-11-6-12(16)2-3-13(11)15/h2-3,6,9-10,18H,4-5,7-8H2,1H3. The maximum Gasteiger partial charge on any atom is 0.227 e. The summed E-state index contributed by atoms with van der Waals surface area (Å²) < 4.78 is 0.900. The van der Waals surface area contributed by atoms with Gasteiger partial charge in [0.05, 0.1) is 12.5 Å². The van der Waals surface area contributed by atoms with Crippen LogP contribution in [-0.4, -0.2) is 35.1 Å². The van der Waals surface area contributed by atoms with Gasteiger partial charge in [0.1, 0.15) is 0 Å². The Labute approximate surface area is 126 Å². The minimum atomic E-state index is -0.351. The largest absolute Gasteiger partial charge is 0.393 e. The van der Waals surface area contributed by atoms with E-state index in [9.17, 15) is 9.90 Å². The molecule has 0 aromatic heterocycles. The molecule has 2 atom stereocenters. The van der Waals surface area contributed by atoms with E-state index in [4.69, 9.17) is 11.6 Å². The molecule has 2 rings (SSSR count). The lowest BCUT2D eigenvalue weighted by atomic mass is 10.0. The van der Waals surface area contributed by atoms with Gasteiger partial charge in [-0.25, -0.2) is 0 Å². The molecule has 1 fully saturated rings. The van der Waals surface area contributed by atoms with Gasteiger partial charge in [0.25, 0.3) is 0 Å². The molecule has 1 saturated heterocycles. The third-order valence-electron chi connectivity index (χ3n) is 3.61. The molecule has 1 amide bonds. The van der Waals surface area contributed by atoms with Crippen molar-refractivity contribution in [1.82, 2.24) is 4.90 Å². The molecule has 0 saturated carbocycles. The first-order valence-electron chi connectivity index (χ1n) is 6.37. The molecule has 1 aromatic rings. The summed E-state index contributed by atoms with van der Waals surface area (Å²) in [6.45, 7) is 3.16. The fraction of sp³-hybridized carbons (Fsp3) is 0.500. The number of rotatable bonds is 3. The van der Waals surface area contributed by atoms with Crippen LogP contribution >= 0.6 is 27.5 Å². The van der Waals surface area contributed by atoms with E-state index in [2.05, 4.69) is 15.9 Å². The molecule has 1 aliphatic rings. The average Bonchev–Trinajstić information content (AvgIpc) is 2.83. The van der Waals surface area contributed by atoms with Crippen LogP contribution in [0.2, 0.25) is 5.02 Å². The van der Waals surface area contributed by atoms with E-state index < -0.39 is 0 Å². The summed E-state index contributed by atoms with van der Waals surface area (Å²) in [5.41, 5.74) is 0.901. The second-order valence-electron chi connectivity index (χ2n) is 5.04. The Morgan fingerprint density at radius 1 is 1.63 bits per heavy atom. The molecule has 0 bridgehead atoms. The second-order valence-corrected chi connectivity index (χ2v) is 6.33. The maximum absolute atomic E-state index is 12.2. The number of aliphatic hydroxyl groups is 1. The van der Waals surface area contributed by atoms with Crippen LogP contribution < -0.4 is 0 Å². The van der Waals surface area contributed by atoms with Gasteiger partial charge in [-0.15, -0.1) is 0 Å². The summed E-state index contributed by atoms with van der Waals surface area (Å²) in [6, 6.07) is 5.46. The van der Waals surface area contributed by atoms with E-state index in [1.54, 1.807) is 13.0 Å². The smallest absolute Gasteiger partial charge is 0.227 e. The molecule has 0 aliphatic carbocycles. The van der Waals surface area contributed by atoms with E-state index in [0.29, 0.717) is 18.0 Å². The zero-order valence-electron chi connectivity index (χ0n) is 10.8.